The minimum Gasteiger partial charge on any atom is -0.316 e. The molecular weight excluding hydrogens is 158 g/mol. The first-order valence-electron chi connectivity index (χ1n) is 6.04. The molecule has 1 spiro atoms. The van der Waals surface area contributed by atoms with E-state index in [0.29, 0.717) is 0 Å². The van der Waals surface area contributed by atoms with Crippen LogP contribution in [0.4, 0.5) is 0 Å². The predicted molar refractivity (Wildman–Crippen MR) is 59.0 cm³/mol. The van der Waals surface area contributed by atoms with E-state index in [1.807, 2.05) is 0 Å². The van der Waals surface area contributed by atoms with Crippen molar-refractivity contribution in [3.63, 3.8) is 0 Å². The van der Waals surface area contributed by atoms with Gasteiger partial charge in [-0.1, -0.05) is 39.5 Å². The highest BCUT2D eigenvalue weighted by atomic mass is 14.9. The average molecular weight is 183 g/mol. The molecule has 0 amide bonds. The van der Waals surface area contributed by atoms with E-state index in [2.05, 4.69) is 19.2 Å². The van der Waals surface area contributed by atoms with Gasteiger partial charge in [-0.3, -0.25) is 0 Å². The Labute approximate surface area is 83.3 Å². The van der Waals surface area contributed by atoms with Gasteiger partial charge in [-0.2, -0.15) is 0 Å². The summed E-state index contributed by atoms with van der Waals surface area (Å²) in [4.78, 5) is 0. The highest BCUT2D eigenvalue weighted by molar-refractivity contribution is 4.89. The Balaban J connectivity index is 0.000000251. The third kappa shape index (κ3) is 3.30. The summed E-state index contributed by atoms with van der Waals surface area (Å²) in [5.41, 5.74) is 0.762. The van der Waals surface area contributed by atoms with Gasteiger partial charge in [-0.25, -0.2) is 0 Å². The van der Waals surface area contributed by atoms with Crippen LogP contribution >= 0.6 is 0 Å². The van der Waals surface area contributed by atoms with Crippen LogP contribution in [0.15, 0.2) is 0 Å². The molecule has 0 unspecified atom stereocenters. The van der Waals surface area contributed by atoms with Gasteiger partial charge < -0.3 is 5.32 Å². The van der Waals surface area contributed by atoms with E-state index >= 15 is 0 Å². The zero-order valence-corrected chi connectivity index (χ0v) is 9.36. The van der Waals surface area contributed by atoms with Crippen molar-refractivity contribution in [3.8, 4) is 0 Å². The van der Waals surface area contributed by atoms with Crippen molar-refractivity contribution in [2.75, 3.05) is 13.1 Å². The molecule has 78 valence electrons. The summed E-state index contributed by atoms with van der Waals surface area (Å²) in [7, 11) is 0. The summed E-state index contributed by atoms with van der Waals surface area (Å²) in [5, 5.41) is 3.48. The Morgan fingerprint density at radius 1 is 1.00 bits per heavy atom. The van der Waals surface area contributed by atoms with Crippen molar-refractivity contribution in [1.29, 1.82) is 0 Å². The lowest BCUT2D eigenvalue weighted by Gasteiger charge is -2.32. The number of hydrogen-bond donors (Lipinski definition) is 1. The lowest BCUT2D eigenvalue weighted by Crippen LogP contribution is -2.26. The summed E-state index contributed by atoms with van der Waals surface area (Å²) in [6.45, 7) is 6.84. The van der Waals surface area contributed by atoms with Crippen molar-refractivity contribution >= 4 is 0 Å². The second-order valence-electron chi connectivity index (χ2n) is 4.69. The van der Waals surface area contributed by atoms with Gasteiger partial charge in [0.1, 0.15) is 0 Å². The van der Waals surface area contributed by atoms with E-state index in [1.165, 1.54) is 58.0 Å². The van der Waals surface area contributed by atoms with Crippen LogP contribution in [0.2, 0.25) is 0 Å². The zero-order chi connectivity index (χ0) is 9.57. The number of rotatable bonds is 0. The topological polar surface area (TPSA) is 12.0 Å². The molecule has 0 aromatic rings. The summed E-state index contributed by atoms with van der Waals surface area (Å²) >= 11 is 0. The van der Waals surface area contributed by atoms with Crippen molar-refractivity contribution in [2.45, 2.75) is 58.8 Å². The first-order chi connectivity index (χ1) is 6.33. The highest BCUT2D eigenvalue weighted by Gasteiger charge is 2.34. The molecule has 0 bridgehead atoms. The maximum absolute atomic E-state index is 3.48. The molecule has 1 heteroatoms. The maximum Gasteiger partial charge on any atom is 0.000829 e. The van der Waals surface area contributed by atoms with Crippen molar-refractivity contribution in [2.24, 2.45) is 5.41 Å². The van der Waals surface area contributed by atoms with Crippen LogP contribution in [-0.4, -0.2) is 13.1 Å². The molecule has 0 aromatic heterocycles. The molecule has 1 saturated carbocycles. The van der Waals surface area contributed by atoms with Gasteiger partial charge in [0.15, 0.2) is 0 Å². The van der Waals surface area contributed by atoms with Crippen LogP contribution < -0.4 is 5.32 Å². The lowest BCUT2D eigenvalue weighted by atomic mass is 9.74. The SMILES string of the molecule is C1CCC2(CC1)CCNC2.CCC. The fourth-order valence-corrected chi connectivity index (χ4v) is 2.52. The second-order valence-corrected chi connectivity index (χ2v) is 4.69. The fourth-order valence-electron chi connectivity index (χ4n) is 2.52. The van der Waals surface area contributed by atoms with Crippen LogP contribution in [0.25, 0.3) is 0 Å². The molecule has 0 aromatic carbocycles. The largest absolute Gasteiger partial charge is 0.316 e. The molecule has 1 nitrogen and oxygen atoms in total. The van der Waals surface area contributed by atoms with Gasteiger partial charge in [-0.05, 0) is 31.2 Å². The Morgan fingerprint density at radius 3 is 2.08 bits per heavy atom. The molecule has 1 aliphatic carbocycles. The van der Waals surface area contributed by atoms with Crippen LogP contribution in [-0.2, 0) is 0 Å². The van der Waals surface area contributed by atoms with E-state index < -0.39 is 0 Å². The van der Waals surface area contributed by atoms with Crippen molar-refractivity contribution < 1.29 is 0 Å². The van der Waals surface area contributed by atoms with Gasteiger partial charge in [-0.15, -0.1) is 0 Å². The van der Waals surface area contributed by atoms with Crippen LogP contribution in [0.3, 0.4) is 0 Å². The fraction of sp³-hybridized carbons (Fsp3) is 1.00. The molecule has 1 heterocycles. The molecule has 2 aliphatic rings. The standard InChI is InChI=1S/C9H17N.C3H8/c1-2-4-9(5-3-1)6-7-10-8-9;1-3-2/h10H,1-8H2;3H2,1-2H3. The zero-order valence-electron chi connectivity index (χ0n) is 9.36. The van der Waals surface area contributed by atoms with E-state index in [0.717, 1.165) is 5.41 Å². The molecule has 1 N–H and O–H groups in total. The first-order valence-corrected chi connectivity index (χ1v) is 6.04. The van der Waals surface area contributed by atoms with Crippen molar-refractivity contribution in [1.82, 2.24) is 5.32 Å². The van der Waals surface area contributed by atoms with Crippen LogP contribution in [0.1, 0.15) is 58.8 Å². The minimum absolute atomic E-state index is 0.762. The molecule has 0 atom stereocenters. The van der Waals surface area contributed by atoms with E-state index in [9.17, 15) is 0 Å². The quantitative estimate of drug-likeness (QED) is 0.607. The minimum atomic E-state index is 0.762. The van der Waals surface area contributed by atoms with Gasteiger partial charge >= 0.3 is 0 Å². The molecular formula is C12H25N. The highest BCUT2D eigenvalue weighted by Crippen LogP contribution is 2.40. The average Bonchev–Trinajstić information content (AvgIpc) is 2.56. The first kappa shape index (κ1) is 11.0. The third-order valence-corrected chi connectivity index (χ3v) is 3.25. The normalized spacial score (nSPS) is 25.4. The number of nitrogens with one attached hydrogen (secondary N) is 1. The van der Waals surface area contributed by atoms with Gasteiger partial charge in [0, 0.05) is 6.54 Å². The molecule has 2 rings (SSSR count). The van der Waals surface area contributed by atoms with Crippen molar-refractivity contribution in [3.05, 3.63) is 0 Å². The molecule has 0 radical (unpaired) electrons. The van der Waals surface area contributed by atoms with Gasteiger partial charge in [0.25, 0.3) is 0 Å². The summed E-state index contributed by atoms with van der Waals surface area (Å²) < 4.78 is 0. The second kappa shape index (κ2) is 5.64. The van der Waals surface area contributed by atoms with E-state index in [-0.39, 0.29) is 0 Å². The summed E-state index contributed by atoms with van der Waals surface area (Å²) in [5.74, 6) is 0. The Bertz CT molecular complexity index is 117. The predicted octanol–water partition coefficient (Wildman–Crippen LogP) is 3.35. The van der Waals surface area contributed by atoms with Crippen LogP contribution in [0, 0.1) is 5.41 Å². The molecule has 13 heavy (non-hydrogen) atoms. The molecule has 1 saturated heterocycles. The van der Waals surface area contributed by atoms with Gasteiger partial charge in [0.2, 0.25) is 0 Å². The third-order valence-electron chi connectivity index (χ3n) is 3.25. The molecule has 2 fully saturated rings. The maximum atomic E-state index is 3.48. The Morgan fingerprint density at radius 2 is 1.62 bits per heavy atom. The molecule has 1 aliphatic heterocycles. The van der Waals surface area contributed by atoms with E-state index in [4.69, 9.17) is 0 Å². The van der Waals surface area contributed by atoms with E-state index in [1.54, 1.807) is 0 Å². The monoisotopic (exact) mass is 183 g/mol. The smallest absolute Gasteiger partial charge is 0.000829 e. The Kier molecular flexibility index (Phi) is 4.79. The van der Waals surface area contributed by atoms with Gasteiger partial charge in [0.05, 0.1) is 0 Å². The number of hydrogen-bond acceptors (Lipinski definition) is 1. The summed E-state index contributed by atoms with van der Waals surface area (Å²) in [6, 6.07) is 0. The Hall–Kier alpha value is -0.0400. The lowest BCUT2D eigenvalue weighted by molar-refractivity contribution is 0.216. The van der Waals surface area contributed by atoms with Crippen LogP contribution in [0.5, 0.6) is 0 Å². The summed E-state index contributed by atoms with van der Waals surface area (Å²) in [6.07, 6.45) is 10.2.